The zero-order valence-electron chi connectivity index (χ0n) is 14.5. The van der Waals surface area contributed by atoms with Crippen LogP contribution >= 0.6 is 0 Å². The Labute approximate surface area is 158 Å². The van der Waals surface area contributed by atoms with Gasteiger partial charge in [0.1, 0.15) is 5.82 Å². The van der Waals surface area contributed by atoms with Crippen LogP contribution in [0.3, 0.4) is 0 Å². The minimum atomic E-state index is -4.61. The summed E-state index contributed by atoms with van der Waals surface area (Å²) in [7, 11) is -3.40. The zero-order chi connectivity index (χ0) is 20.1. The molecule has 1 heterocycles. The molecule has 2 aromatic carbocycles. The van der Waals surface area contributed by atoms with Crippen molar-refractivity contribution in [3.8, 4) is 11.1 Å². The minimum absolute atomic E-state index is 0.0171. The van der Waals surface area contributed by atoms with E-state index in [1.165, 1.54) is 30.5 Å². The van der Waals surface area contributed by atoms with Crippen molar-refractivity contribution >= 4 is 20.9 Å². The lowest BCUT2D eigenvalue weighted by Crippen LogP contribution is -2.26. The fraction of sp³-hybridized carbons (Fsp3) is 0.263. The molecule has 0 unspecified atom stereocenters. The molecule has 1 aliphatic carbocycles. The predicted molar refractivity (Wildman–Crippen MR) is 97.5 cm³/mol. The Morgan fingerprint density at radius 1 is 1.11 bits per heavy atom. The highest BCUT2D eigenvalue weighted by atomic mass is 32.2. The molecule has 1 fully saturated rings. The van der Waals surface area contributed by atoms with Gasteiger partial charge in [0.15, 0.2) is 0 Å². The van der Waals surface area contributed by atoms with Crippen molar-refractivity contribution < 1.29 is 26.0 Å². The van der Waals surface area contributed by atoms with Crippen LogP contribution in [-0.2, 0) is 22.7 Å². The molecule has 0 saturated heterocycles. The number of halogens is 4. The van der Waals surface area contributed by atoms with E-state index in [4.69, 9.17) is 0 Å². The van der Waals surface area contributed by atoms with Gasteiger partial charge in [-0.2, -0.15) is 13.2 Å². The van der Waals surface area contributed by atoms with Crippen LogP contribution in [0.4, 0.5) is 17.6 Å². The van der Waals surface area contributed by atoms with Gasteiger partial charge < -0.3 is 4.98 Å². The average molecular weight is 412 g/mol. The molecule has 148 valence electrons. The molecular formula is C19H16F4N2O2S. The molecule has 4 rings (SSSR count). The van der Waals surface area contributed by atoms with E-state index in [9.17, 15) is 26.0 Å². The summed E-state index contributed by atoms with van der Waals surface area (Å²) in [5.41, 5.74) is -0.396. The van der Waals surface area contributed by atoms with E-state index in [1.807, 2.05) is 0 Å². The van der Waals surface area contributed by atoms with Gasteiger partial charge in [-0.25, -0.2) is 17.5 Å². The van der Waals surface area contributed by atoms with Crippen molar-refractivity contribution in [2.75, 3.05) is 0 Å². The summed E-state index contributed by atoms with van der Waals surface area (Å²) in [6.45, 7) is -0.0171. The second-order valence-corrected chi connectivity index (χ2v) is 8.85. The molecule has 3 aromatic rings. The second kappa shape index (κ2) is 6.59. The summed E-state index contributed by atoms with van der Waals surface area (Å²) >= 11 is 0. The number of hydrogen-bond acceptors (Lipinski definition) is 2. The first-order chi connectivity index (χ1) is 13.2. The minimum Gasteiger partial charge on any atom is -0.361 e. The molecule has 1 aliphatic rings. The molecule has 1 saturated carbocycles. The predicted octanol–water partition coefficient (Wildman–Crippen LogP) is 4.57. The van der Waals surface area contributed by atoms with Crippen molar-refractivity contribution in [2.45, 2.75) is 30.8 Å². The fourth-order valence-electron chi connectivity index (χ4n) is 3.19. The van der Waals surface area contributed by atoms with Gasteiger partial charge in [0.2, 0.25) is 10.0 Å². The third-order valence-corrected chi connectivity index (χ3v) is 6.70. The van der Waals surface area contributed by atoms with Crippen molar-refractivity contribution in [2.24, 2.45) is 0 Å². The molecule has 0 bridgehead atoms. The average Bonchev–Trinajstić information content (AvgIpc) is 3.42. The van der Waals surface area contributed by atoms with Crippen molar-refractivity contribution in [1.82, 2.24) is 9.71 Å². The molecule has 0 atom stereocenters. The Morgan fingerprint density at radius 3 is 2.50 bits per heavy atom. The highest BCUT2D eigenvalue weighted by Crippen LogP contribution is 2.39. The Morgan fingerprint density at radius 2 is 1.82 bits per heavy atom. The van der Waals surface area contributed by atoms with Crippen molar-refractivity contribution in [1.29, 1.82) is 0 Å². The number of fused-ring (bicyclic) bond motifs is 1. The van der Waals surface area contributed by atoms with Crippen molar-refractivity contribution in [3.63, 3.8) is 0 Å². The van der Waals surface area contributed by atoms with E-state index in [2.05, 4.69) is 9.71 Å². The van der Waals surface area contributed by atoms with Crippen LogP contribution in [0.5, 0.6) is 0 Å². The molecule has 0 amide bonds. The lowest BCUT2D eigenvalue weighted by Gasteiger charge is -2.13. The van der Waals surface area contributed by atoms with Crippen molar-refractivity contribution in [3.05, 3.63) is 59.5 Å². The van der Waals surface area contributed by atoms with E-state index in [-0.39, 0.29) is 22.9 Å². The van der Waals surface area contributed by atoms with E-state index in [1.54, 1.807) is 0 Å². The molecule has 2 N–H and O–H groups in total. The SMILES string of the molecule is O=S(=O)(NCc1c[nH]c2cc(-c3ccccc3C(F)(F)F)c(F)cc12)C1CC1. The number of benzene rings is 2. The molecule has 0 radical (unpaired) electrons. The summed E-state index contributed by atoms with van der Waals surface area (Å²) in [6.07, 6.45) is -1.83. The van der Waals surface area contributed by atoms with Crippen LogP contribution in [-0.4, -0.2) is 18.7 Å². The molecule has 9 heteroatoms. The van der Waals surface area contributed by atoms with Gasteiger partial charge in [-0.15, -0.1) is 0 Å². The summed E-state index contributed by atoms with van der Waals surface area (Å²) in [6, 6.07) is 7.25. The lowest BCUT2D eigenvalue weighted by molar-refractivity contribution is -0.137. The van der Waals surface area contributed by atoms with Gasteiger partial charge >= 0.3 is 6.18 Å². The molecule has 4 nitrogen and oxygen atoms in total. The quantitative estimate of drug-likeness (QED) is 0.603. The smallest absolute Gasteiger partial charge is 0.361 e. The number of alkyl halides is 3. The first-order valence-electron chi connectivity index (χ1n) is 8.61. The monoisotopic (exact) mass is 412 g/mol. The number of hydrogen-bond donors (Lipinski definition) is 2. The molecule has 0 aliphatic heterocycles. The second-order valence-electron chi connectivity index (χ2n) is 6.80. The van der Waals surface area contributed by atoms with Gasteiger partial charge in [-0.05, 0) is 42.2 Å². The summed E-state index contributed by atoms with van der Waals surface area (Å²) in [4.78, 5) is 2.88. The van der Waals surface area contributed by atoms with Gasteiger partial charge in [0, 0.05) is 29.2 Å². The third kappa shape index (κ3) is 3.51. The molecular weight excluding hydrogens is 396 g/mol. The lowest BCUT2D eigenvalue weighted by atomic mass is 9.97. The number of aromatic amines is 1. The maximum Gasteiger partial charge on any atom is 0.417 e. The Kier molecular flexibility index (Phi) is 4.46. The Balaban J connectivity index is 1.71. The maximum absolute atomic E-state index is 14.7. The van der Waals surface area contributed by atoms with Crippen LogP contribution in [0.2, 0.25) is 0 Å². The van der Waals surface area contributed by atoms with Crippen LogP contribution < -0.4 is 4.72 Å². The largest absolute Gasteiger partial charge is 0.417 e. The van der Waals surface area contributed by atoms with Gasteiger partial charge in [-0.1, -0.05) is 18.2 Å². The van der Waals surface area contributed by atoms with Crippen LogP contribution in [0, 0.1) is 5.82 Å². The maximum atomic E-state index is 14.7. The number of H-pyrrole nitrogens is 1. The van der Waals surface area contributed by atoms with E-state index in [0.29, 0.717) is 29.3 Å². The number of rotatable bonds is 5. The topological polar surface area (TPSA) is 62.0 Å². The van der Waals surface area contributed by atoms with Crippen LogP contribution in [0.25, 0.3) is 22.0 Å². The highest BCUT2D eigenvalue weighted by Gasteiger charge is 2.36. The number of sulfonamides is 1. The standard InChI is InChI=1S/C19H16F4N2O2S/c20-17-7-14-11(10-25-28(26,27)12-5-6-12)9-24-18(14)8-15(17)13-3-1-2-4-16(13)19(21,22)23/h1-4,7-9,12,24-25H,5-6,10H2. The normalized spacial score (nSPS) is 15.3. The zero-order valence-corrected chi connectivity index (χ0v) is 15.3. The Bertz CT molecular complexity index is 1150. The van der Waals surface area contributed by atoms with E-state index < -0.39 is 27.6 Å². The first kappa shape index (κ1) is 18.9. The summed E-state index contributed by atoms with van der Waals surface area (Å²) in [5.74, 6) is -0.810. The first-order valence-corrected chi connectivity index (χ1v) is 10.2. The van der Waals surface area contributed by atoms with Crippen LogP contribution in [0.1, 0.15) is 24.0 Å². The van der Waals surface area contributed by atoms with Gasteiger partial charge in [0.05, 0.1) is 10.8 Å². The number of aromatic nitrogens is 1. The van der Waals surface area contributed by atoms with Crippen LogP contribution in [0.15, 0.2) is 42.6 Å². The third-order valence-electron chi connectivity index (χ3n) is 4.80. The number of nitrogens with one attached hydrogen (secondary N) is 2. The Hall–Kier alpha value is -2.39. The van der Waals surface area contributed by atoms with E-state index >= 15 is 0 Å². The molecule has 28 heavy (non-hydrogen) atoms. The van der Waals surface area contributed by atoms with Gasteiger partial charge in [0.25, 0.3) is 0 Å². The molecule has 1 aromatic heterocycles. The highest BCUT2D eigenvalue weighted by molar-refractivity contribution is 7.90. The summed E-state index contributed by atoms with van der Waals surface area (Å²) < 4.78 is 80.9. The molecule has 0 spiro atoms. The van der Waals surface area contributed by atoms with E-state index in [0.717, 1.165) is 12.1 Å². The van der Waals surface area contributed by atoms with Gasteiger partial charge in [-0.3, -0.25) is 0 Å². The fourth-order valence-corrected chi connectivity index (χ4v) is 4.54. The summed E-state index contributed by atoms with van der Waals surface area (Å²) in [5, 5.41) is 0.0455.